The first-order valence-corrected chi connectivity index (χ1v) is 8.21. The summed E-state index contributed by atoms with van der Waals surface area (Å²) in [5, 5.41) is 0. The molecule has 0 amide bonds. The van der Waals surface area contributed by atoms with Crippen molar-refractivity contribution in [1.82, 2.24) is 0 Å². The van der Waals surface area contributed by atoms with Crippen LogP contribution in [-0.2, 0) is 27.1 Å². The first-order chi connectivity index (χ1) is 10.9. The van der Waals surface area contributed by atoms with E-state index in [1.807, 2.05) is 0 Å². The van der Waals surface area contributed by atoms with E-state index in [-0.39, 0.29) is 64.4 Å². The van der Waals surface area contributed by atoms with E-state index in [1.54, 1.807) is 0 Å². The summed E-state index contributed by atoms with van der Waals surface area (Å²) < 4.78 is 0. The number of benzene rings is 2. The maximum absolute atomic E-state index is 2.27. The zero-order valence-corrected chi connectivity index (χ0v) is 18.7. The second-order valence-electron chi connectivity index (χ2n) is 5.91. The third-order valence-electron chi connectivity index (χ3n) is 4.59. The van der Waals surface area contributed by atoms with Gasteiger partial charge in [-0.3, -0.25) is 0 Å². The standard InChI is InChI=1S/C22H23.3ClH.Ti/c1-2-3-18-22(21-16-10-11-17-21,19-12-6-4-7-13-19)20-14-8-5-9-15-20;;;;/h4-17H,2-3,18H2,1H3;3*1H;/q-1;;;;+4/p-3. The van der Waals surface area contributed by atoms with Crippen molar-refractivity contribution in [2.75, 3.05) is 0 Å². The second kappa shape index (κ2) is 13.5. The van der Waals surface area contributed by atoms with Gasteiger partial charge in [-0.1, -0.05) is 80.4 Å². The van der Waals surface area contributed by atoms with Crippen LogP contribution in [0.3, 0.4) is 0 Å². The molecule has 0 aromatic heterocycles. The molecule has 0 spiro atoms. The van der Waals surface area contributed by atoms with Gasteiger partial charge in [-0.25, -0.2) is 12.1 Å². The molecule has 0 unspecified atom stereocenters. The van der Waals surface area contributed by atoms with Crippen molar-refractivity contribution < 1.29 is 58.9 Å². The van der Waals surface area contributed by atoms with E-state index >= 15 is 0 Å². The molecule has 0 bridgehead atoms. The molecule has 0 fully saturated rings. The molecule has 0 N–H and O–H groups in total. The molecule has 0 radical (unpaired) electrons. The number of rotatable bonds is 6. The molecule has 0 saturated carbocycles. The maximum Gasteiger partial charge on any atom is 4.00 e. The Kier molecular flexibility index (Phi) is 14.4. The molecule has 26 heavy (non-hydrogen) atoms. The van der Waals surface area contributed by atoms with Gasteiger partial charge in [0.1, 0.15) is 0 Å². The normalized spacial score (nSPS) is 9.73. The van der Waals surface area contributed by atoms with E-state index in [1.165, 1.54) is 29.5 Å². The van der Waals surface area contributed by atoms with Crippen LogP contribution in [0.15, 0.2) is 84.9 Å². The van der Waals surface area contributed by atoms with Gasteiger partial charge in [0, 0.05) is 5.41 Å². The molecule has 0 saturated heterocycles. The van der Waals surface area contributed by atoms with Gasteiger partial charge in [-0.05, 0) is 17.5 Å². The Labute approximate surface area is 191 Å². The molecule has 0 heterocycles. The van der Waals surface area contributed by atoms with Gasteiger partial charge in [-0.2, -0.15) is 12.1 Å². The van der Waals surface area contributed by atoms with Crippen molar-refractivity contribution in [1.29, 1.82) is 0 Å². The van der Waals surface area contributed by atoms with E-state index in [2.05, 4.69) is 91.9 Å². The Hall–Kier alpha value is -0.626. The molecule has 0 nitrogen and oxygen atoms in total. The Bertz CT molecular complexity index is 642. The second-order valence-corrected chi connectivity index (χ2v) is 5.91. The fraction of sp³-hybridized carbons (Fsp3) is 0.227. The summed E-state index contributed by atoms with van der Waals surface area (Å²) >= 11 is 0. The van der Waals surface area contributed by atoms with Crippen molar-refractivity contribution in [3.63, 3.8) is 0 Å². The van der Waals surface area contributed by atoms with Crippen LogP contribution in [0.25, 0.3) is 0 Å². The first-order valence-electron chi connectivity index (χ1n) is 8.21. The van der Waals surface area contributed by atoms with Crippen molar-refractivity contribution in [2.45, 2.75) is 31.6 Å². The summed E-state index contributed by atoms with van der Waals surface area (Å²) in [6.07, 6.45) is 3.57. The Morgan fingerprint density at radius 1 is 0.692 bits per heavy atom. The van der Waals surface area contributed by atoms with Gasteiger partial charge < -0.3 is 37.2 Å². The van der Waals surface area contributed by atoms with E-state index in [0.717, 1.165) is 6.42 Å². The van der Waals surface area contributed by atoms with Gasteiger partial charge in [0.05, 0.1) is 0 Å². The molecule has 0 atom stereocenters. The average molecular weight is 442 g/mol. The third-order valence-corrected chi connectivity index (χ3v) is 4.59. The van der Waals surface area contributed by atoms with Crippen LogP contribution in [0.2, 0.25) is 0 Å². The van der Waals surface area contributed by atoms with Gasteiger partial charge in [0.25, 0.3) is 0 Å². The summed E-state index contributed by atoms with van der Waals surface area (Å²) in [7, 11) is 0. The summed E-state index contributed by atoms with van der Waals surface area (Å²) in [5.74, 6) is 0. The smallest absolute Gasteiger partial charge is 1.00 e. The van der Waals surface area contributed by atoms with Crippen molar-refractivity contribution in [3.8, 4) is 0 Å². The molecule has 3 aromatic rings. The van der Waals surface area contributed by atoms with E-state index in [9.17, 15) is 0 Å². The largest absolute Gasteiger partial charge is 4.00 e. The van der Waals surface area contributed by atoms with Crippen LogP contribution < -0.4 is 37.2 Å². The summed E-state index contributed by atoms with van der Waals surface area (Å²) in [4.78, 5) is 0. The first kappa shape index (κ1) is 27.6. The molecule has 3 rings (SSSR count). The minimum absolute atomic E-state index is 0. The minimum Gasteiger partial charge on any atom is -1.00 e. The molecular formula is C22H23Cl3Ti. The number of hydrogen-bond acceptors (Lipinski definition) is 0. The fourth-order valence-electron chi connectivity index (χ4n) is 3.48. The van der Waals surface area contributed by atoms with Crippen molar-refractivity contribution in [3.05, 3.63) is 102 Å². The number of hydrogen-bond donors (Lipinski definition) is 0. The minimum atomic E-state index is -0.0397. The van der Waals surface area contributed by atoms with Gasteiger partial charge >= 0.3 is 21.7 Å². The van der Waals surface area contributed by atoms with Crippen LogP contribution in [0.5, 0.6) is 0 Å². The summed E-state index contributed by atoms with van der Waals surface area (Å²) in [6.45, 7) is 2.27. The monoisotopic (exact) mass is 440 g/mol. The molecular weight excluding hydrogens is 418 g/mol. The van der Waals surface area contributed by atoms with Gasteiger partial charge in [0.15, 0.2) is 0 Å². The van der Waals surface area contributed by atoms with Gasteiger partial charge in [0.2, 0.25) is 0 Å². The zero-order valence-electron chi connectivity index (χ0n) is 14.8. The predicted molar refractivity (Wildman–Crippen MR) is 94.3 cm³/mol. The molecule has 0 aliphatic rings. The van der Waals surface area contributed by atoms with Gasteiger partial charge in [-0.15, -0.1) is 5.56 Å². The quantitative estimate of drug-likeness (QED) is 0.282. The summed E-state index contributed by atoms with van der Waals surface area (Å²) in [5.41, 5.74) is 4.14. The average Bonchev–Trinajstić information content (AvgIpc) is 3.13. The Morgan fingerprint density at radius 3 is 1.50 bits per heavy atom. The Balaban J connectivity index is 0. The zero-order chi connectivity index (χ0) is 15.3. The molecule has 0 aliphatic heterocycles. The van der Waals surface area contributed by atoms with E-state index < -0.39 is 0 Å². The molecule has 4 heteroatoms. The van der Waals surface area contributed by atoms with Crippen LogP contribution in [0, 0.1) is 0 Å². The van der Waals surface area contributed by atoms with Crippen LogP contribution >= 0.6 is 0 Å². The Morgan fingerprint density at radius 2 is 1.12 bits per heavy atom. The molecule has 0 aliphatic carbocycles. The maximum atomic E-state index is 2.27. The van der Waals surface area contributed by atoms with E-state index in [0.29, 0.717) is 0 Å². The van der Waals surface area contributed by atoms with Crippen molar-refractivity contribution >= 4 is 0 Å². The van der Waals surface area contributed by atoms with Crippen LogP contribution in [-0.4, -0.2) is 0 Å². The third kappa shape index (κ3) is 5.68. The topological polar surface area (TPSA) is 0 Å². The van der Waals surface area contributed by atoms with Crippen molar-refractivity contribution in [2.24, 2.45) is 0 Å². The molecule has 136 valence electrons. The number of unbranched alkanes of at least 4 members (excludes halogenated alkanes) is 1. The van der Waals surface area contributed by atoms with Crippen LogP contribution in [0.1, 0.15) is 42.9 Å². The summed E-state index contributed by atoms with van der Waals surface area (Å²) in [6, 6.07) is 30.8. The fourth-order valence-corrected chi connectivity index (χ4v) is 3.48. The number of halogens is 3. The van der Waals surface area contributed by atoms with E-state index in [4.69, 9.17) is 0 Å². The van der Waals surface area contributed by atoms with Crippen LogP contribution in [0.4, 0.5) is 0 Å². The predicted octanol–water partition coefficient (Wildman–Crippen LogP) is -3.06. The SMILES string of the molecule is CCCCC(c1ccccc1)(c1ccccc1)[c-]1cccc1.[Cl-].[Cl-].[Cl-].[Ti+4]. The molecule has 3 aromatic carbocycles.